The number of carboxylic acid groups (broad SMARTS) is 1. The summed E-state index contributed by atoms with van der Waals surface area (Å²) in [6.07, 6.45) is 6.37. The second-order valence-corrected chi connectivity index (χ2v) is 7.77. The lowest BCUT2D eigenvalue weighted by molar-refractivity contribution is -0.151. The summed E-state index contributed by atoms with van der Waals surface area (Å²) in [6.45, 7) is 2.24. The molecule has 1 heterocycles. The van der Waals surface area contributed by atoms with Gasteiger partial charge in [-0.1, -0.05) is 6.92 Å². The largest absolute Gasteiger partial charge is 0.480 e. The highest BCUT2D eigenvalue weighted by molar-refractivity contribution is 8.00. The summed E-state index contributed by atoms with van der Waals surface area (Å²) in [5, 5.41) is 9.51. The molecule has 5 heteroatoms. The van der Waals surface area contributed by atoms with E-state index in [2.05, 4.69) is 6.92 Å². The third kappa shape index (κ3) is 2.69. The summed E-state index contributed by atoms with van der Waals surface area (Å²) in [5.74, 6) is 1.15. The smallest absolute Gasteiger partial charge is 0.327 e. The lowest BCUT2D eigenvalue weighted by Gasteiger charge is -2.33. The van der Waals surface area contributed by atoms with Gasteiger partial charge in [0, 0.05) is 11.7 Å². The van der Waals surface area contributed by atoms with Crippen molar-refractivity contribution in [3.63, 3.8) is 0 Å². The Bertz CT molecular complexity index is 402. The fourth-order valence-electron chi connectivity index (χ4n) is 3.46. The Morgan fingerprint density at radius 1 is 1.10 bits per heavy atom. The van der Waals surface area contributed by atoms with E-state index < -0.39 is 12.0 Å². The monoisotopic (exact) mass is 297 g/mol. The highest BCUT2D eigenvalue weighted by Gasteiger charge is 2.49. The predicted molar refractivity (Wildman–Crippen MR) is 78.4 cm³/mol. The first kappa shape index (κ1) is 14.2. The van der Waals surface area contributed by atoms with Gasteiger partial charge in [0.05, 0.1) is 5.37 Å². The van der Waals surface area contributed by atoms with E-state index in [1.54, 1.807) is 16.7 Å². The minimum Gasteiger partial charge on any atom is -0.480 e. The summed E-state index contributed by atoms with van der Waals surface area (Å²) in [6, 6.07) is -0.600. The fourth-order valence-corrected chi connectivity index (χ4v) is 5.10. The molecule has 4 nitrogen and oxygen atoms in total. The van der Waals surface area contributed by atoms with Crippen LogP contribution in [0.2, 0.25) is 0 Å². The topological polar surface area (TPSA) is 57.6 Å². The molecule has 0 bridgehead atoms. The van der Waals surface area contributed by atoms with E-state index in [1.807, 2.05) is 0 Å². The number of nitrogens with zero attached hydrogens (tertiary/aromatic N) is 1. The van der Waals surface area contributed by atoms with Crippen molar-refractivity contribution in [2.75, 3.05) is 5.75 Å². The SMILES string of the molecule is CC1CCC(C(=O)N2C(C(=O)O)CSC2C2CC2)CC1. The quantitative estimate of drug-likeness (QED) is 0.870. The van der Waals surface area contributed by atoms with Crippen molar-refractivity contribution in [3.05, 3.63) is 0 Å². The van der Waals surface area contributed by atoms with E-state index in [0.29, 0.717) is 17.6 Å². The fraction of sp³-hybridized carbons (Fsp3) is 0.867. The first-order valence-corrected chi connectivity index (χ1v) is 8.79. The van der Waals surface area contributed by atoms with Gasteiger partial charge in [0.2, 0.25) is 5.91 Å². The van der Waals surface area contributed by atoms with Gasteiger partial charge < -0.3 is 10.0 Å². The number of hydrogen-bond donors (Lipinski definition) is 1. The summed E-state index contributed by atoms with van der Waals surface area (Å²) in [4.78, 5) is 26.0. The van der Waals surface area contributed by atoms with Gasteiger partial charge in [0.25, 0.3) is 0 Å². The van der Waals surface area contributed by atoms with Gasteiger partial charge in [-0.2, -0.15) is 0 Å². The minimum atomic E-state index is -0.835. The van der Waals surface area contributed by atoms with Crippen molar-refractivity contribution >= 4 is 23.6 Å². The third-order valence-corrected chi connectivity index (χ3v) is 6.43. The van der Waals surface area contributed by atoms with Crippen LogP contribution in [0, 0.1) is 17.8 Å². The highest BCUT2D eigenvalue weighted by Crippen LogP contribution is 2.46. The number of carbonyl (C=O) groups excluding carboxylic acids is 1. The Morgan fingerprint density at radius 2 is 1.75 bits per heavy atom. The molecule has 2 atom stereocenters. The second kappa shape index (κ2) is 5.58. The van der Waals surface area contributed by atoms with Crippen LogP contribution < -0.4 is 0 Å². The molecule has 0 aromatic carbocycles. The maximum absolute atomic E-state index is 12.8. The number of hydrogen-bond acceptors (Lipinski definition) is 3. The Labute approximate surface area is 124 Å². The molecule has 112 valence electrons. The molecule has 0 aromatic rings. The van der Waals surface area contributed by atoms with Crippen LogP contribution in [0.4, 0.5) is 0 Å². The Balaban J connectivity index is 1.73. The number of carbonyl (C=O) groups is 2. The molecule has 1 amide bonds. The van der Waals surface area contributed by atoms with Crippen molar-refractivity contribution in [2.45, 2.75) is 56.9 Å². The van der Waals surface area contributed by atoms with Crippen LogP contribution in [0.3, 0.4) is 0 Å². The number of rotatable bonds is 3. The van der Waals surface area contributed by atoms with Gasteiger partial charge in [0.15, 0.2) is 0 Å². The minimum absolute atomic E-state index is 0.0630. The van der Waals surface area contributed by atoms with Crippen LogP contribution in [-0.2, 0) is 9.59 Å². The van der Waals surface area contributed by atoms with Crippen molar-refractivity contribution in [3.8, 4) is 0 Å². The van der Waals surface area contributed by atoms with Gasteiger partial charge in [-0.25, -0.2) is 4.79 Å². The first-order chi connectivity index (χ1) is 9.58. The Morgan fingerprint density at radius 3 is 2.30 bits per heavy atom. The molecule has 1 saturated heterocycles. The van der Waals surface area contributed by atoms with E-state index in [-0.39, 0.29) is 17.2 Å². The number of carboxylic acids is 1. The van der Waals surface area contributed by atoms with Gasteiger partial charge >= 0.3 is 5.97 Å². The standard InChI is InChI=1S/C15H23NO3S/c1-9-2-4-10(5-3-9)13(17)16-12(15(18)19)8-20-14(16)11-6-7-11/h9-12,14H,2-8H2,1H3,(H,18,19). The van der Waals surface area contributed by atoms with Gasteiger partial charge in [-0.15, -0.1) is 11.8 Å². The Kier molecular flexibility index (Phi) is 3.98. The zero-order valence-corrected chi connectivity index (χ0v) is 12.8. The van der Waals surface area contributed by atoms with Gasteiger partial charge in [0.1, 0.15) is 6.04 Å². The zero-order valence-electron chi connectivity index (χ0n) is 12.0. The van der Waals surface area contributed by atoms with Crippen molar-refractivity contribution < 1.29 is 14.7 Å². The van der Waals surface area contributed by atoms with E-state index in [4.69, 9.17) is 0 Å². The van der Waals surface area contributed by atoms with Gasteiger partial charge in [-0.05, 0) is 50.4 Å². The highest BCUT2D eigenvalue weighted by atomic mass is 32.2. The maximum Gasteiger partial charge on any atom is 0.327 e. The molecule has 2 saturated carbocycles. The summed E-state index contributed by atoms with van der Waals surface area (Å²) in [5.41, 5.74) is 0. The van der Waals surface area contributed by atoms with Crippen molar-refractivity contribution in [1.29, 1.82) is 0 Å². The third-order valence-electron chi connectivity index (χ3n) is 4.96. The molecular weight excluding hydrogens is 274 g/mol. The molecule has 20 heavy (non-hydrogen) atoms. The Hall–Kier alpha value is -0.710. The van der Waals surface area contributed by atoms with Crippen molar-refractivity contribution in [2.24, 2.45) is 17.8 Å². The van der Waals surface area contributed by atoms with Crippen molar-refractivity contribution in [1.82, 2.24) is 4.90 Å². The molecule has 2 unspecified atom stereocenters. The van der Waals surface area contributed by atoms with E-state index >= 15 is 0 Å². The molecule has 3 rings (SSSR count). The van der Waals surface area contributed by atoms with E-state index in [1.165, 1.54) is 0 Å². The number of thioether (sulfide) groups is 1. The van der Waals surface area contributed by atoms with Gasteiger partial charge in [-0.3, -0.25) is 4.79 Å². The molecule has 1 N–H and O–H groups in total. The molecule has 2 aliphatic carbocycles. The zero-order chi connectivity index (χ0) is 14.3. The number of amides is 1. The summed E-state index contributed by atoms with van der Waals surface area (Å²) < 4.78 is 0. The van der Waals surface area contributed by atoms with Crippen LogP contribution >= 0.6 is 11.8 Å². The van der Waals surface area contributed by atoms with Crippen LogP contribution in [0.5, 0.6) is 0 Å². The van der Waals surface area contributed by atoms with Crippen LogP contribution in [-0.4, -0.2) is 39.1 Å². The molecule has 0 radical (unpaired) electrons. The molecule has 0 aromatic heterocycles. The lowest BCUT2D eigenvalue weighted by atomic mass is 9.82. The molecule has 3 fully saturated rings. The summed E-state index contributed by atoms with van der Waals surface area (Å²) >= 11 is 1.67. The molecule has 1 aliphatic heterocycles. The predicted octanol–water partition coefficient (Wildman–Crippen LogP) is 2.58. The van der Waals surface area contributed by atoms with E-state index in [0.717, 1.165) is 38.5 Å². The molecular formula is C15H23NO3S. The first-order valence-electron chi connectivity index (χ1n) is 7.74. The average molecular weight is 297 g/mol. The lowest BCUT2D eigenvalue weighted by Crippen LogP contribution is -2.49. The second-order valence-electron chi connectivity index (χ2n) is 6.62. The average Bonchev–Trinajstić information content (AvgIpc) is 3.17. The van der Waals surface area contributed by atoms with E-state index in [9.17, 15) is 14.7 Å². The van der Waals surface area contributed by atoms with Crippen LogP contribution in [0.25, 0.3) is 0 Å². The summed E-state index contributed by atoms with van der Waals surface area (Å²) in [7, 11) is 0. The maximum atomic E-state index is 12.8. The van der Waals surface area contributed by atoms with Crippen LogP contribution in [0.15, 0.2) is 0 Å². The molecule has 0 spiro atoms. The van der Waals surface area contributed by atoms with Crippen LogP contribution in [0.1, 0.15) is 45.4 Å². The molecule has 3 aliphatic rings. The number of aliphatic carboxylic acids is 1. The normalized spacial score (nSPS) is 38.0.